The second kappa shape index (κ2) is 37.8. The van der Waals surface area contributed by atoms with E-state index < -0.39 is 95.9 Å². The number of rotatable bonds is 40. The van der Waals surface area contributed by atoms with E-state index in [1.165, 1.54) is 51.0 Å². The van der Waals surface area contributed by atoms with Gasteiger partial charge in [-0.25, -0.2) is 13.9 Å². The molecule has 20 nitrogen and oxygen atoms in total. The fraction of sp³-hybridized carbons (Fsp3) is 0.647. The molecule has 414 valence electrons. The van der Waals surface area contributed by atoms with Crippen LogP contribution in [0.4, 0.5) is 5.82 Å². The van der Waals surface area contributed by atoms with Crippen molar-refractivity contribution < 1.29 is 76.5 Å². The molecule has 1 aliphatic heterocycles. The number of aliphatic hydroxyl groups is 4. The number of nitrogen functional groups attached to an aromatic ring is 1. The third kappa shape index (κ3) is 31.6. The van der Waals surface area contributed by atoms with E-state index in [4.69, 9.17) is 29.0 Å². The lowest BCUT2D eigenvalue weighted by Crippen LogP contribution is -2.36. The number of esters is 2. The molecule has 1 aliphatic rings. The standard InChI is InChI=1S/C51H83N3O17P2/c1-4-5-21-29-41(55)30-23-17-13-11-14-18-24-31-42(56)32-25-20-27-34-47(58)69-43(37-66-46(57)33-26-19-15-10-8-6-7-9-12-16-22-28-40(2)3)38-67-72(62,63)71-73(64,65)68-39-44-48(59)49(60)50(70-44)54-36-35-45(52)53-51(54)61/h5,13-14,17-18,21,23-25,30-32,35-36,40-44,48-50,55-56,59-60H,4,6-12,15-16,19-20,22,26-29,33-34,37-39H2,1-3H3,(H,62,63)(H,64,65)(H2,52,53,61)/b17-13-,18-14-,21-5-,30-23+,31-24+,32-25-/t41-,42-,43+,44+,48+,49+,50+/m0/s1. The first-order chi connectivity index (χ1) is 34.8. The summed E-state index contributed by atoms with van der Waals surface area (Å²) in [7, 11) is -10.9. The smallest absolute Gasteiger partial charge is 0.462 e. The van der Waals surface area contributed by atoms with Crippen LogP contribution < -0.4 is 11.4 Å². The summed E-state index contributed by atoms with van der Waals surface area (Å²) < 4.78 is 56.6. The van der Waals surface area contributed by atoms with Gasteiger partial charge in [-0.05, 0) is 50.5 Å². The minimum absolute atomic E-state index is 0.0817. The molecule has 0 radical (unpaired) electrons. The summed E-state index contributed by atoms with van der Waals surface area (Å²) in [5, 5.41) is 41.0. The fourth-order valence-corrected chi connectivity index (χ4v) is 9.29. The summed E-state index contributed by atoms with van der Waals surface area (Å²) in [5.74, 6) is -0.744. The Morgan fingerprint density at radius 2 is 1.40 bits per heavy atom. The predicted molar refractivity (Wildman–Crippen MR) is 277 cm³/mol. The number of ether oxygens (including phenoxy) is 3. The monoisotopic (exact) mass is 1070 g/mol. The van der Waals surface area contributed by atoms with E-state index >= 15 is 0 Å². The number of unbranched alkanes of at least 4 members (excludes halogenated alkanes) is 11. The van der Waals surface area contributed by atoms with Crippen LogP contribution in [0.1, 0.15) is 149 Å². The van der Waals surface area contributed by atoms with Gasteiger partial charge in [0.25, 0.3) is 0 Å². The van der Waals surface area contributed by atoms with Gasteiger partial charge >= 0.3 is 33.3 Å². The van der Waals surface area contributed by atoms with Gasteiger partial charge in [-0.1, -0.05) is 164 Å². The molecule has 0 amide bonds. The number of phosphoric ester groups is 2. The van der Waals surface area contributed by atoms with Gasteiger partial charge in [0.05, 0.1) is 25.4 Å². The first-order valence-electron chi connectivity index (χ1n) is 25.5. The Labute approximate surface area is 430 Å². The molecule has 0 aliphatic carbocycles. The lowest BCUT2D eigenvalue weighted by atomic mass is 10.0. The van der Waals surface area contributed by atoms with Gasteiger partial charge in [-0.15, -0.1) is 0 Å². The molecule has 1 saturated heterocycles. The molecule has 9 atom stereocenters. The van der Waals surface area contributed by atoms with Crippen molar-refractivity contribution in [1.29, 1.82) is 0 Å². The predicted octanol–water partition coefficient (Wildman–Crippen LogP) is 8.30. The molecule has 2 rings (SSSR count). The molecule has 0 spiro atoms. The van der Waals surface area contributed by atoms with Crippen LogP contribution in [-0.2, 0) is 46.3 Å². The van der Waals surface area contributed by atoms with Crippen LogP contribution in [0.25, 0.3) is 0 Å². The van der Waals surface area contributed by atoms with Crippen molar-refractivity contribution in [3.8, 4) is 0 Å². The summed E-state index contributed by atoms with van der Waals surface area (Å²) >= 11 is 0. The highest BCUT2D eigenvalue weighted by Crippen LogP contribution is 2.60. The molecule has 1 aromatic rings. The van der Waals surface area contributed by atoms with Crippen molar-refractivity contribution in [2.75, 3.05) is 25.6 Å². The van der Waals surface area contributed by atoms with Crippen molar-refractivity contribution in [1.82, 2.24) is 9.55 Å². The molecule has 22 heteroatoms. The Bertz CT molecular complexity index is 2060. The molecule has 1 aromatic heterocycles. The van der Waals surface area contributed by atoms with Gasteiger partial charge < -0.3 is 50.2 Å². The molecule has 1 fully saturated rings. The first-order valence-corrected chi connectivity index (χ1v) is 28.5. The van der Waals surface area contributed by atoms with Crippen molar-refractivity contribution in [3.05, 3.63) is 95.7 Å². The van der Waals surface area contributed by atoms with Gasteiger partial charge in [-0.3, -0.25) is 23.2 Å². The number of carbonyl (C=O) groups excluding carboxylic acids is 2. The Hall–Kier alpha value is -3.88. The Morgan fingerprint density at radius 3 is 2.04 bits per heavy atom. The molecule has 0 aromatic carbocycles. The largest absolute Gasteiger partial charge is 0.481 e. The van der Waals surface area contributed by atoms with E-state index in [1.54, 1.807) is 42.5 Å². The zero-order valence-electron chi connectivity index (χ0n) is 42.8. The van der Waals surface area contributed by atoms with Crippen LogP contribution in [-0.4, -0.2) is 108 Å². The van der Waals surface area contributed by atoms with E-state index in [0.717, 1.165) is 48.8 Å². The Balaban J connectivity index is 1.87. The van der Waals surface area contributed by atoms with Crippen molar-refractivity contribution in [2.24, 2.45) is 5.92 Å². The summed E-state index contributed by atoms with van der Waals surface area (Å²) in [6, 6.07) is 1.23. The maximum Gasteiger partial charge on any atom is 0.481 e. The summed E-state index contributed by atoms with van der Waals surface area (Å²) in [4.78, 5) is 61.9. The number of carbonyl (C=O) groups is 2. The van der Waals surface area contributed by atoms with E-state index in [0.29, 0.717) is 25.7 Å². The van der Waals surface area contributed by atoms with Crippen LogP contribution in [0.3, 0.4) is 0 Å². The lowest BCUT2D eigenvalue weighted by Gasteiger charge is -2.21. The van der Waals surface area contributed by atoms with E-state index in [-0.39, 0.29) is 25.1 Å². The number of allylic oxidation sites excluding steroid dienone is 8. The van der Waals surface area contributed by atoms with Crippen molar-refractivity contribution in [3.63, 3.8) is 0 Å². The molecule has 8 N–H and O–H groups in total. The quantitative estimate of drug-likeness (QED) is 0.0107. The fourth-order valence-electron chi connectivity index (χ4n) is 7.18. The van der Waals surface area contributed by atoms with E-state index in [2.05, 4.69) is 23.1 Å². The van der Waals surface area contributed by atoms with Gasteiger partial charge in [0.1, 0.15) is 30.7 Å². The average Bonchev–Trinajstić information content (AvgIpc) is 3.60. The number of hydrogen-bond donors (Lipinski definition) is 7. The topological polar surface area (TPSA) is 306 Å². The minimum Gasteiger partial charge on any atom is -0.462 e. The normalized spacial score (nSPS) is 20.5. The zero-order chi connectivity index (χ0) is 53.9. The van der Waals surface area contributed by atoms with Gasteiger partial charge in [0.15, 0.2) is 12.3 Å². The highest BCUT2D eigenvalue weighted by Gasteiger charge is 2.46. The average molecular weight is 1070 g/mol. The number of anilines is 1. The maximum atomic E-state index is 12.9. The van der Waals surface area contributed by atoms with Gasteiger partial charge in [0, 0.05) is 19.0 Å². The van der Waals surface area contributed by atoms with Gasteiger partial charge in [-0.2, -0.15) is 9.29 Å². The second-order valence-electron chi connectivity index (χ2n) is 18.2. The Kier molecular flexibility index (Phi) is 33.8. The maximum absolute atomic E-state index is 12.9. The molecule has 2 heterocycles. The van der Waals surface area contributed by atoms with Crippen LogP contribution in [0.15, 0.2) is 90.0 Å². The SMILES string of the molecule is CC/C=C\C[C@H](O)/C=C/C=C\C/C=C\C=C\[C@H](O)/C=C\CCCC(=O)O[C@H](COC(=O)CCCCCCCCCCCCCC(C)C)COP(=O)(O)OP(=O)(O)OC[C@H]1O[C@@H](n2ccc(N)nc2=O)[C@H](O)[C@@H]1O. The van der Waals surface area contributed by atoms with Gasteiger partial charge in [0.2, 0.25) is 0 Å². The molecule has 0 saturated carbocycles. The molecule has 2 unspecified atom stereocenters. The van der Waals surface area contributed by atoms with Crippen LogP contribution in [0.5, 0.6) is 0 Å². The summed E-state index contributed by atoms with van der Waals surface area (Å²) in [6.45, 7) is 4.06. The highest BCUT2D eigenvalue weighted by atomic mass is 31.3. The first kappa shape index (κ1) is 65.2. The molecular weight excluding hydrogens is 989 g/mol. The third-order valence-corrected chi connectivity index (χ3v) is 13.8. The van der Waals surface area contributed by atoms with Crippen molar-refractivity contribution in [2.45, 2.75) is 186 Å². The number of aliphatic hydroxyl groups excluding tert-OH is 4. The number of hydrogen-bond acceptors (Lipinski definition) is 17. The third-order valence-electron chi connectivity index (χ3n) is 11.2. The van der Waals surface area contributed by atoms with E-state index in [9.17, 15) is 53.7 Å². The van der Waals surface area contributed by atoms with Crippen LogP contribution in [0, 0.1) is 5.92 Å². The summed E-state index contributed by atoms with van der Waals surface area (Å²) in [5.41, 5.74) is 4.56. The van der Waals surface area contributed by atoms with Crippen LogP contribution >= 0.6 is 15.6 Å². The number of nitrogens with zero attached hydrogens (tertiary/aromatic N) is 2. The Morgan fingerprint density at radius 1 is 0.781 bits per heavy atom. The number of phosphoric acid groups is 2. The van der Waals surface area contributed by atoms with E-state index in [1.807, 2.05) is 37.3 Å². The number of nitrogens with two attached hydrogens (primary N) is 1. The number of aromatic nitrogens is 2. The van der Waals surface area contributed by atoms with Crippen molar-refractivity contribution >= 4 is 33.4 Å². The zero-order valence-corrected chi connectivity index (χ0v) is 44.6. The second-order valence-corrected chi connectivity index (χ2v) is 21.2. The molecule has 73 heavy (non-hydrogen) atoms. The molecular formula is C51H83N3O17P2. The molecule has 0 bridgehead atoms. The highest BCUT2D eigenvalue weighted by molar-refractivity contribution is 7.61. The lowest BCUT2D eigenvalue weighted by molar-refractivity contribution is -0.161. The summed E-state index contributed by atoms with van der Waals surface area (Å²) in [6.07, 6.45) is 29.2. The minimum atomic E-state index is -5.48. The van der Waals surface area contributed by atoms with Crippen LogP contribution in [0.2, 0.25) is 0 Å².